The van der Waals surface area contributed by atoms with E-state index in [0.29, 0.717) is 17.5 Å². The molecular weight excluding hydrogens is 152 g/mol. The molecule has 4 heteroatoms. The largest absolute Gasteiger partial charge is 0.298 e. The minimum atomic E-state index is 0.170. The summed E-state index contributed by atoms with van der Waals surface area (Å²) in [6.07, 6.45) is 2.10. The lowest BCUT2D eigenvalue weighted by atomic mass is 10.3. The van der Waals surface area contributed by atoms with Crippen LogP contribution < -0.4 is 0 Å². The van der Waals surface area contributed by atoms with Gasteiger partial charge in [-0.3, -0.25) is 4.79 Å². The van der Waals surface area contributed by atoms with Crippen LogP contribution in [0.25, 0.3) is 0 Å². The van der Waals surface area contributed by atoms with Crippen molar-refractivity contribution in [2.75, 3.05) is 0 Å². The van der Waals surface area contributed by atoms with Crippen molar-refractivity contribution >= 4 is 17.9 Å². The standard InChI is InChI=1S/C6H5ClN2O/c1-4-5(3-10)2-8-6(7)9-4/h2-3H,1H3. The SMILES string of the molecule is Cc1nc(Cl)ncc1C=O. The van der Waals surface area contributed by atoms with Crippen LogP contribution in [0.1, 0.15) is 16.1 Å². The number of nitrogens with zero attached hydrogens (tertiary/aromatic N) is 2. The highest BCUT2D eigenvalue weighted by Gasteiger charge is 1.98. The highest BCUT2D eigenvalue weighted by Crippen LogP contribution is 2.03. The lowest BCUT2D eigenvalue weighted by molar-refractivity contribution is 0.112. The predicted molar refractivity (Wildman–Crippen MR) is 37.2 cm³/mol. The number of hydrogen-bond acceptors (Lipinski definition) is 3. The summed E-state index contributed by atoms with van der Waals surface area (Å²) in [7, 11) is 0. The van der Waals surface area contributed by atoms with Gasteiger partial charge in [0, 0.05) is 6.20 Å². The number of aromatic nitrogens is 2. The number of aryl methyl sites for hydroxylation is 1. The number of halogens is 1. The maximum absolute atomic E-state index is 10.2. The van der Waals surface area contributed by atoms with Crippen molar-refractivity contribution in [1.29, 1.82) is 0 Å². The summed E-state index contributed by atoms with van der Waals surface area (Å²) in [4.78, 5) is 17.6. The van der Waals surface area contributed by atoms with E-state index >= 15 is 0 Å². The molecule has 0 saturated carbocycles. The second kappa shape index (κ2) is 2.75. The third kappa shape index (κ3) is 1.30. The van der Waals surface area contributed by atoms with Gasteiger partial charge in [-0.1, -0.05) is 0 Å². The van der Waals surface area contributed by atoms with Crippen LogP contribution in [0.2, 0.25) is 5.28 Å². The molecule has 1 heterocycles. The minimum Gasteiger partial charge on any atom is -0.298 e. The first-order valence-corrected chi connectivity index (χ1v) is 3.06. The number of aldehydes is 1. The van der Waals surface area contributed by atoms with E-state index in [9.17, 15) is 4.79 Å². The maximum Gasteiger partial charge on any atom is 0.222 e. The van der Waals surface area contributed by atoms with Crippen LogP contribution in [0.5, 0.6) is 0 Å². The Kier molecular flexibility index (Phi) is 1.97. The molecule has 0 atom stereocenters. The molecular formula is C6H5ClN2O. The highest BCUT2D eigenvalue weighted by molar-refractivity contribution is 6.28. The molecule has 1 aromatic heterocycles. The molecule has 1 aromatic rings. The van der Waals surface area contributed by atoms with Gasteiger partial charge in [-0.25, -0.2) is 9.97 Å². The van der Waals surface area contributed by atoms with Crippen molar-refractivity contribution in [3.8, 4) is 0 Å². The van der Waals surface area contributed by atoms with Gasteiger partial charge in [-0.15, -0.1) is 0 Å². The zero-order chi connectivity index (χ0) is 7.56. The second-order valence-electron chi connectivity index (χ2n) is 1.80. The Morgan fingerprint density at radius 3 is 2.90 bits per heavy atom. The Hall–Kier alpha value is -0.960. The molecule has 10 heavy (non-hydrogen) atoms. The lowest BCUT2D eigenvalue weighted by Crippen LogP contribution is -1.92. The third-order valence-electron chi connectivity index (χ3n) is 1.11. The Labute approximate surface area is 63.1 Å². The van der Waals surface area contributed by atoms with Gasteiger partial charge in [-0.05, 0) is 18.5 Å². The molecule has 52 valence electrons. The molecule has 0 radical (unpaired) electrons. The fourth-order valence-electron chi connectivity index (χ4n) is 0.564. The molecule has 3 nitrogen and oxygen atoms in total. The Bertz CT molecular complexity index is 262. The first-order valence-electron chi connectivity index (χ1n) is 2.68. The third-order valence-corrected chi connectivity index (χ3v) is 1.30. The lowest BCUT2D eigenvalue weighted by Gasteiger charge is -1.94. The molecule has 0 aliphatic carbocycles. The fraction of sp³-hybridized carbons (Fsp3) is 0.167. The smallest absolute Gasteiger partial charge is 0.222 e. The average Bonchev–Trinajstić information content (AvgIpc) is 1.88. The maximum atomic E-state index is 10.2. The van der Waals surface area contributed by atoms with Crippen molar-refractivity contribution in [3.05, 3.63) is 22.7 Å². The van der Waals surface area contributed by atoms with Crippen molar-refractivity contribution in [2.24, 2.45) is 0 Å². The van der Waals surface area contributed by atoms with Gasteiger partial charge in [0.15, 0.2) is 6.29 Å². The molecule has 0 aliphatic heterocycles. The van der Waals surface area contributed by atoms with Gasteiger partial charge < -0.3 is 0 Å². The monoisotopic (exact) mass is 156 g/mol. The molecule has 0 amide bonds. The Morgan fingerprint density at radius 2 is 2.40 bits per heavy atom. The molecule has 0 aliphatic rings. The van der Waals surface area contributed by atoms with E-state index in [4.69, 9.17) is 11.6 Å². The van der Waals surface area contributed by atoms with Crippen LogP contribution in [0.4, 0.5) is 0 Å². The van der Waals surface area contributed by atoms with E-state index in [-0.39, 0.29) is 5.28 Å². The molecule has 0 unspecified atom stereocenters. The van der Waals surface area contributed by atoms with Crippen LogP contribution >= 0.6 is 11.6 Å². The van der Waals surface area contributed by atoms with Crippen molar-refractivity contribution in [2.45, 2.75) is 6.92 Å². The first kappa shape index (κ1) is 7.15. The van der Waals surface area contributed by atoms with Crippen LogP contribution in [-0.2, 0) is 0 Å². The minimum absolute atomic E-state index is 0.170. The summed E-state index contributed by atoms with van der Waals surface area (Å²) in [5, 5.41) is 0.170. The number of carbonyl (C=O) groups is 1. The van der Waals surface area contributed by atoms with E-state index in [2.05, 4.69) is 9.97 Å². The van der Waals surface area contributed by atoms with E-state index in [1.54, 1.807) is 6.92 Å². The van der Waals surface area contributed by atoms with Crippen molar-refractivity contribution in [1.82, 2.24) is 9.97 Å². The van der Waals surface area contributed by atoms with E-state index in [1.165, 1.54) is 6.20 Å². The number of carbonyl (C=O) groups excluding carboxylic acids is 1. The first-order chi connectivity index (χ1) is 4.74. The Balaban J connectivity index is 3.19. The van der Waals surface area contributed by atoms with E-state index < -0.39 is 0 Å². The van der Waals surface area contributed by atoms with Gasteiger partial charge in [-0.2, -0.15) is 0 Å². The van der Waals surface area contributed by atoms with Crippen LogP contribution in [0.3, 0.4) is 0 Å². The van der Waals surface area contributed by atoms with Gasteiger partial charge >= 0.3 is 0 Å². The molecule has 0 N–H and O–H groups in total. The van der Waals surface area contributed by atoms with Gasteiger partial charge in [0.1, 0.15) is 0 Å². The molecule has 0 aromatic carbocycles. The normalized spacial score (nSPS) is 9.40. The van der Waals surface area contributed by atoms with E-state index in [1.807, 2.05) is 0 Å². The fourth-order valence-corrected chi connectivity index (χ4v) is 0.739. The number of hydrogen-bond donors (Lipinski definition) is 0. The Morgan fingerprint density at radius 1 is 1.70 bits per heavy atom. The van der Waals surface area contributed by atoms with Gasteiger partial charge in [0.05, 0.1) is 11.3 Å². The highest BCUT2D eigenvalue weighted by atomic mass is 35.5. The zero-order valence-corrected chi connectivity index (χ0v) is 6.09. The summed E-state index contributed by atoms with van der Waals surface area (Å²) in [6.45, 7) is 1.71. The predicted octanol–water partition coefficient (Wildman–Crippen LogP) is 1.25. The summed E-state index contributed by atoms with van der Waals surface area (Å²) < 4.78 is 0. The molecule has 1 rings (SSSR count). The second-order valence-corrected chi connectivity index (χ2v) is 2.14. The number of rotatable bonds is 1. The average molecular weight is 157 g/mol. The summed E-state index contributed by atoms with van der Waals surface area (Å²) in [5.41, 5.74) is 1.08. The summed E-state index contributed by atoms with van der Waals surface area (Å²) >= 11 is 5.44. The van der Waals surface area contributed by atoms with Crippen molar-refractivity contribution < 1.29 is 4.79 Å². The topological polar surface area (TPSA) is 42.9 Å². The van der Waals surface area contributed by atoms with Crippen LogP contribution in [0, 0.1) is 6.92 Å². The molecule has 0 fully saturated rings. The van der Waals surface area contributed by atoms with E-state index in [0.717, 1.165) is 0 Å². The van der Waals surface area contributed by atoms with Crippen LogP contribution in [-0.4, -0.2) is 16.3 Å². The quantitative estimate of drug-likeness (QED) is 0.454. The molecule has 0 saturated heterocycles. The van der Waals surface area contributed by atoms with Crippen molar-refractivity contribution in [3.63, 3.8) is 0 Å². The molecule has 0 spiro atoms. The van der Waals surface area contributed by atoms with Crippen LogP contribution in [0.15, 0.2) is 6.20 Å². The van der Waals surface area contributed by atoms with Gasteiger partial charge in [0.2, 0.25) is 5.28 Å². The zero-order valence-electron chi connectivity index (χ0n) is 5.34. The van der Waals surface area contributed by atoms with Gasteiger partial charge in [0.25, 0.3) is 0 Å². The summed E-state index contributed by atoms with van der Waals surface area (Å²) in [5.74, 6) is 0. The molecule has 0 bridgehead atoms. The summed E-state index contributed by atoms with van der Waals surface area (Å²) in [6, 6.07) is 0.